The van der Waals surface area contributed by atoms with Gasteiger partial charge in [-0.15, -0.1) is 0 Å². The van der Waals surface area contributed by atoms with Gasteiger partial charge in [-0.2, -0.15) is 0 Å². The molecular formula is C15H25NO5. The standard InChI is InChI=1S/C15H25NO5/c1-14(2,3)21-13(19)16-9-11(12(17)18)15(10-16)5-4-7-20-8-6-15/h11H,4-10H2,1-3H3,(H,17,18). The van der Waals surface area contributed by atoms with Crippen LogP contribution in [0, 0.1) is 11.3 Å². The first-order chi connectivity index (χ1) is 9.73. The number of hydrogen-bond acceptors (Lipinski definition) is 4. The Labute approximate surface area is 125 Å². The Bertz CT molecular complexity index is 407. The van der Waals surface area contributed by atoms with E-state index < -0.39 is 23.6 Å². The van der Waals surface area contributed by atoms with Gasteiger partial charge < -0.3 is 19.5 Å². The lowest BCUT2D eigenvalue weighted by molar-refractivity contribution is -0.145. The second kappa shape index (κ2) is 5.83. The Morgan fingerprint density at radius 3 is 2.62 bits per heavy atom. The van der Waals surface area contributed by atoms with E-state index in [1.807, 2.05) is 20.8 Å². The second-order valence-corrected chi connectivity index (χ2v) is 7.08. The molecule has 1 amide bonds. The van der Waals surface area contributed by atoms with Gasteiger partial charge in [0, 0.05) is 31.7 Å². The van der Waals surface area contributed by atoms with Gasteiger partial charge in [0.2, 0.25) is 0 Å². The summed E-state index contributed by atoms with van der Waals surface area (Å²) in [6.45, 7) is 7.33. The Hall–Kier alpha value is -1.30. The number of likely N-dealkylation sites (tertiary alicyclic amines) is 1. The van der Waals surface area contributed by atoms with E-state index >= 15 is 0 Å². The Morgan fingerprint density at radius 1 is 1.29 bits per heavy atom. The molecule has 2 rings (SSSR count). The molecule has 1 spiro atoms. The molecule has 6 heteroatoms. The van der Waals surface area contributed by atoms with E-state index in [9.17, 15) is 14.7 Å². The Morgan fingerprint density at radius 2 is 2.00 bits per heavy atom. The summed E-state index contributed by atoms with van der Waals surface area (Å²) in [5.41, 5.74) is -0.947. The quantitative estimate of drug-likeness (QED) is 0.802. The lowest BCUT2D eigenvalue weighted by Crippen LogP contribution is -2.37. The van der Waals surface area contributed by atoms with Gasteiger partial charge in [0.15, 0.2) is 0 Å². The molecule has 2 aliphatic heterocycles. The van der Waals surface area contributed by atoms with E-state index in [0.717, 1.165) is 12.8 Å². The minimum atomic E-state index is -0.831. The highest BCUT2D eigenvalue weighted by molar-refractivity contribution is 5.75. The van der Waals surface area contributed by atoms with Crippen LogP contribution in [0.5, 0.6) is 0 Å². The fraction of sp³-hybridized carbons (Fsp3) is 0.867. The summed E-state index contributed by atoms with van der Waals surface area (Å²) in [5.74, 6) is -1.37. The van der Waals surface area contributed by atoms with Gasteiger partial charge in [-0.05, 0) is 40.0 Å². The fourth-order valence-electron chi connectivity index (χ4n) is 3.31. The molecule has 1 N–H and O–H groups in total. The molecule has 120 valence electrons. The average Bonchev–Trinajstić information content (AvgIpc) is 2.55. The highest BCUT2D eigenvalue weighted by Crippen LogP contribution is 2.44. The summed E-state index contributed by atoms with van der Waals surface area (Å²) in [5, 5.41) is 9.54. The van der Waals surface area contributed by atoms with E-state index in [0.29, 0.717) is 26.2 Å². The molecule has 2 saturated heterocycles. The van der Waals surface area contributed by atoms with Crippen molar-refractivity contribution in [2.75, 3.05) is 26.3 Å². The molecule has 2 aliphatic rings. The zero-order valence-electron chi connectivity index (χ0n) is 13.1. The smallest absolute Gasteiger partial charge is 0.410 e. The topological polar surface area (TPSA) is 76.1 Å². The molecule has 0 aromatic carbocycles. The minimum absolute atomic E-state index is 0.226. The third-order valence-electron chi connectivity index (χ3n) is 4.31. The molecule has 2 unspecified atom stereocenters. The molecule has 0 aromatic heterocycles. The first kappa shape index (κ1) is 16.1. The minimum Gasteiger partial charge on any atom is -0.481 e. The van der Waals surface area contributed by atoms with Crippen LogP contribution >= 0.6 is 0 Å². The van der Waals surface area contributed by atoms with Gasteiger partial charge in [0.1, 0.15) is 5.60 Å². The number of rotatable bonds is 1. The van der Waals surface area contributed by atoms with Crippen molar-refractivity contribution in [3.8, 4) is 0 Å². The molecule has 0 radical (unpaired) electrons. The van der Waals surface area contributed by atoms with Crippen LogP contribution in [0.2, 0.25) is 0 Å². The highest BCUT2D eigenvalue weighted by Gasteiger charge is 2.52. The zero-order chi connectivity index (χ0) is 15.7. The van der Waals surface area contributed by atoms with Gasteiger partial charge in [-0.25, -0.2) is 4.79 Å². The van der Waals surface area contributed by atoms with Crippen LogP contribution in [0.25, 0.3) is 0 Å². The first-order valence-electron chi connectivity index (χ1n) is 7.52. The number of carboxylic acid groups (broad SMARTS) is 1. The number of carboxylic acids is 1. The molecule has 21 heavy (non-hydrogen) atoms. The SMILES string of the molecule is CC(C)(C)OC(=O)N1CC(C(=O)O)C2(CCCOCC2)C1. The van der Waals surface area contributed by atoms with Crippen molar-refractivity contribution in [1.82, 2.24) is 4.90 Å². The van der Waals surface area contributed by atoms with Crippen LogP contribution in [0.15, 0.2) is 0 Å². The molecule has 0 bridgehead atoms. The predicted molar refractivity (Wildman–Crippen MR) is 76.0 cm³/mol. The van der Waals surface area contributed by atoms with E-state index in [-0.39, 0.29) is 12.0 Å². The maximum atomic E-state index is 12.2. The number of nitrogens with zero attached hydrogens (tertiary/aromatic N) is 1. The molecule has 2 heterocycles. The second-order valence-electron chi connectivity index (χ2n) is 7.08. The third-order valence-corrected chi connectivity index (χ3v) is 4.31. The summed E-state index contributed by atoms with van der Waals surface area (Å²) in [4.78, 5) is 25.4. The van der Waals surface area contributed by atoms with Crippen LogP contribution < -0.4 is 0 Å². The van der Waals surface area contributed by atoms with Gasteiger partial charge in [-0.1, -0.05) is 0 Å². The molecule has 0 saturated carbocycles. The molecule has 6 nitrogen and oxygen atoms in total. The van der Waals surface area contributed by atoms with E-state index in [1.165, 1.54) is 0 Å². The van der Waals surface area contributed by atoms with Crippen molar-refractivity contribution in [2.24, 2.45) is 11.3 Å². The lowest BCUT2D eigenvalue weighted by Gasteiger charge is -2.31. The summed E-state index contributed by atoms with van der Waals surface area (Å²) >= 11 is 0. The predicted octanol–water partition coefficient (Wildman–Crippen LogP) is 2.12. The van der Waals surface area contributed by atoms with E-state index in [4.69, 9.17) is 9.47 Å². The number of hydrogen-bond donors (Lipinski definition) is 1. The molecule has 2 fully saturated rings. The van der Waals surface area contributed by atoms with Gasteiger partial charge in [0.25, 0.3) is 0 Å². The van der Waals surface area contributed by atoms with Gasteiger partial charge in [-0.3, -0.25) is 4.79 Å². The highest BCUT2D eigenvalue weighted by atomic mass is 16.6. The molecule has 0 aliphatic carbocycles. The number of ether oxygens (including phenoxy) is 2. The summed E-state index contributed by atoms with van der Waals surface area (Å²) in [6, 6.07) is 0. The van der Waals surface area contributed by atoms with Gasteiger partial charge in [0.05, 0.1) is 5.92 Å². The number of carbonyl (C=O) groups is 2. The number of amides is 1. The van der Waals surface area contributed by atoms with E-state index in [1.54, 1.807) is 4.90 Å². The van der Waals surface area contributed by atoms with Crippen LogP contribution in [-0.4, -0.2) is 54.0 Å². The number of aliphatic carboxylic acids is 1. The van der Waals surface area contributed by atoms with Crippen LogP contribution in [0.3, 0.4) is 0 Å². The van der Waals surface area contributed by atoms with Crippen molar-refractivity contribution < 1.29 is 24.2 Å². The van der Waals surface area contributed by atoms with Crippen LogP contribution in [0.4, 0.5) is 4.79 Å². The van der Waals surface area contributed by atoms with Crippen molar-refractivity contribution in [1.29, 1.82) is 0 Å². The van der Waals surface area contributed by atoms with E-state index in [2.05, 4.69) is 0 Å². The zero-order valence-corrected chi connectivity index (χ0v) is 13.1. The monoisotopic (exact) mass is 299 g/mol. The molecular weight excluding hydrogens is 274 g/mol. The summed E-state index contributed by atoms with van der Waals surface area (Å²) < 4.78 is 10.8. The maximum absolute atomic E-state index is 12.2. The third kappa shape index (κ3) is 3.67. The first-order valence-corrected chi connectivity index (χ1v) is 7.52. The fourth-order valence-corrected chi connectivity index (χ4v) is 3.31. The summed E-state index contributed by atoms with van der Waals surface area (Å²) in [7, 11) is 0. The van der Waals surface area contributed by atoms with Crippen molar-refractivity contribution in [3.63, 3.8) is 0 Å². The maximum Gasteiger partial charge on any atom is 0.410 e. The Balaban J connectivity index is 2.14. The van der Waals surface area contributed by atoms with Crippen LogP contribution in [-0.2, 0) is 14.3 Å². The normalized spacial score (nSPS) is 30.2. The lowest BCUT2D eigenvalue weighted by atomic mass is 9.72. The van der Waals surface area contributed by atoms with Crippen molar-refractivity contribution in [2.45, 2.75) is 45.6 Å². The number of carbonyl (C=O) groups excluding carboxylic acids is 1. The molecule has 2 atom stereocenters. The average molecular weight is 299 g/mol. The summed E-state index contributed by atoms with van der Waals surface area (Å²) in [6.07, 6.45) is 1.88. The molecule has 0 aromatic rings. The Kier molecular flexibility index (Phi) is 4.46. The van der Waals surface area contributed by atoms with Crippen molar-refractivity contribution in [3.05, 3.63) is 0 Å². The largest absolute Gasteiger partial charge is 0.481 e. The van der Waals surface area contributed by atoms with Crippen molar-refractivity contribution >= 4 is 12.1 Å². The van der Waals surface area contributed by atoms with Crippen LogP contribution in [0.1, 0.15) is 40.0 Å². The van der Waals surface area contributed by atoms with Gasteiger partial charge >= 0.3 is 12.1 Å².